The van der Waals surface area contributed by atoms with E-state index in [9.17, 15) is 22.8 Å². The standard InChI is InChI=1S/C17H17F3N2O3S/c1-8(16(24)25)7-22(10-3-4-10)15(23)13-9(2)11-5-6-12(17(18,19)20)21-14(11)26-13/h5-6,8,10H,3-4,7H2,1-2H3,(H,24,25). The number of aromatic nitrogens is 1. The van der Waals surface area contributed by atoms with Gasteiger partial charge in [0.2, 0.25) is 0 Å². The van der Waals surface area contributed by atoms with Crippen LogP contribution < -0.4 is 0 Å². The van der Waals surface area contributed by atoms with E-state index in [4.69, 9.17) is 5.11 Å². The third kappa shape index (κ3) is 3.53. The second-order valence-electron chi connectivity index (χ2n) is 6.53. The molecule has 0 aromatic carbocycles. The molecule has 1 atom stereocenters. The van der Waals surface area contributed by atoms with E-state index in [1.54, 1.807) is 6.92 Å². The Bertz CT molecular complexity index is 874. The Morgan fingerprint density at radius 3 is 2.58 bits per heavy atom. The number of carboxylic acid groups (broad SMARTS) is 1. The molecule has 1 saturated carbocycles. The number of amides is 1. The van der Waals surface area contributed by atoms with Crippen LogP contribution in [0.15, 0.2) is 12.1 Å². The van der Waals surface area contributed by atoms with Gasteiger partial charge >= 0.3 is 12.1 Å². The molecule has 26 heavy (non-hydrogen) atoms. The predicted molar refractivity (Wildman–Crippen MR) is 90.2 cm³/mol. The van der Waals surface area contributed by atoms with Crippen LogP contribution in [0.2, 0.25) is 0 Å². The molecule has 2 aromatic rings. The highest BCUT2D eigenvalue weighted by Gasteiger charge is 2.37. The summed E-state index contributed by atoms with van der Waals surface area (Å²) in [6.07, 6.45) is -2.94. The van der Waals surface area contributed by atoms with Gasteiger partial charge in [0.15, 0.2) is 0 Å². The van der Waals surface area contributed by atoms with Crippen LogP contribution in [0.25, 0.3) is 10.2 Å². The zero-order valence-corrected chi connectivity index (χ0v) is 14.9. The first-order valence-corrected chi connectivity index (χ1v) is 8.92. The first-order chi connectivity index (χ1) is 12.1. The number of pyridine rings is 1. The molecular formula is C17H17F3N2O3S. The minimum absolute atomic E-state index is 0.00684. The minimum Gasteiger partial charge on any atom is -0.481 e. The van der Waals surface area contributed by atoms with Gasteiger partial charge in [-0.05, 0) is 37.5 Å². The van der Waals surface area contributed by atoms with Gasteiger partial charge < -0.3 is 10.0 Å². The lowest BCUT2D eigenvalue weighted by Crippen LogP contribution is -2.38. The highest BCUT2D eigenvalue weighted by Crippen LogP contribution is 2.36. The van der Waals surface area contributed by atoms with Crippen LogP contribution in [0.3, 0.4) is 0 Å². The van der Waals surface area contributed by atoms with Crippen molar-refractivity contribution in [2.75, 3.05) is 6.54 Å². The van der Waals surface area contributed by atoms with E-state index in [1.807, 2.05) is 0 Å². The molecule has 0 saturated heterocycles. The predicted octanol–water partition coefficient (Wildman–Crippen LogP) is 3.95. The van der Waals surface area contributed by atoms with Gasteiger partial charge in [-0.15, -0.1) is 11.3 Å². The molecule has 1 amide bonds. The van der Waals surface area contributed by atoms with E-state index in [1.165, 1.54) is 17.9 Å². The number of nitrogens with zero attached hydrogens (tertiary/aromatic N) is 2. The fourth-order valence-electron chi connectivity index (χ4n) is 2.75. The Morgan fingerprint density at radius 1 is 1.38 bits per heavy atom. The molecule has 140 valence electrons. The van der Waals surface area contributed by atoms with Crippen molar-refractivity contribution in [3.05, 3.63) is 28.3 Å². The number of alkyl halides is 3. The summed E-state index contributed by atoms with van der Waals surface area (Å²) in [6, 6.07) is 2.23. The molecule has 1 aliphatic rings. The molecule has 5 nitrogen and oxygen atoms in total. The average Bonchev–Trinajstić information content (AvgIpc) is 3.34. The van der Waals surface area contributed by atoms with Crippen LogP contribution in [0.5, 0.6) is 0 Å². The van der Waals surface area contributed by atoms with E-state index >= 15 is 0 Å². The highest BCUT2D eigenvalue weighted by atomic mass is 32.1. The molecule has 1 aliphatic carbocycles. The monoisotopic (exact) mass is 386 g/mol. The fourth-order valence-corrected chi connectivity index (χ4v) is 3.88. The van der Waals surface area contributed by atoms with Gasteiger partial charge in [0.25, 0.3) is 5.91 Å². The van der Waals surface area contributed by atoms with Crippen LogP contribution >= 0.6 is 11.3 Å². The van der Waals surface area contributed by atoms with Gasteiger partial charge in [-0.1, -0.05) is 6.92 Å². The second kappa shape index (κ2) is 6.53. The first kappa shape index (κ1) is 18.6. The van der Waals surface area contributed by atoms with Crippen molar-refractivity contribution >= 4 is 33.4 Å². The number of carbonyl (C=O) groups excluding carboxylic acids is 1. The largest absolute Gasteiger partial charge is 0.481 e. The molecule has 1 fully saturated rings. The van der Waals surface area contributed by atoms with Crippen molar-refractivity contribution in [2.24, 2.45) is 5.92 Å². The number of aryl methyl sites for hydroxylation is 1. The molecule has 1 N–H and O–H groups in total. The lowest BCUT2D eigenvalue weighted by Gasteiger charge is -2.24. The van der Waals surface area contributed by atoms with Crippen molar-refractivity contribution in [3.8, 4) is 0 Å². The number of hydrogen-bond donors (Lipinski definition) is 1. The summed E-state index contributed by atoms with van der Waals surface area (Å²) in [5, 5.41) is 9.62. The van der Waals surface area contributed by atoms with Crippen molar-refractivity contribution in [2.45, 2.75) is 38.9 Å². The van der Waals surface area contributed by atoms with Gasteiger partial charge in [0.05, 0.1) is 10.8 Å². The van der Waals surface area contributed by atoms with E-state index in [0.717, 1.165) is 30.2 Å². The zero-order chi connectivity index (χ0) is 19.2. The maximum atomic E-state index is 13.0. The maximum absolute atomic E-state index is 13.0. The number of fused-ring (bicyclic) bond motifs is 1. The number of rotatable bonds is 5. The minimum atomic E-state index is -4.55. The lowest BCUT2D eigenvalue weighted by atomic mass is 10.1. The third-order valence-corrected chi connectivity index (χ3v) is 5.62. The zero-order valence-electron chi connectivity index (χ0n) is 14.1. The Morgan fingerprint density at radius 2 is 2.04 bits per heavy atom. The van der Waals surface area contributed by atoms with Crippen molar-refractivity contribution in [3.63, 3.8) is 0 Å². The van der Waals surface area contributed by atoms with Crippen LogP contribution in [0.4, 0.5) is 13.2 Å². The van der Waals surface area contributed by atoms with Crippen LogP contribution in [-0.2, 0) is 11.0 Å². The number of carboxylic acids is 1. The van der Waals surface area contributed by atoms with Gasteiger partial charge in [-0.2, -0.15) is 13.2 Å². The number of thiophene rings is 1. The molecule has 0 bridgehead atoms. The first-order valence-electron chi connectivity index (χ1n) is 8.10. The van der Waals surface area contributed by atoms with Crippen molar-refractivity contribution in [1.29, 1.82) is 0 Å². The normalized spacial score (nSPS) is 15.9. The van der Waals surface area contributed by atoms with Gasteiger partial charge in [0.1, 0.15) is 10.5 Å². The maximum Gasteiger partial charge on any atom is 0.433 e. The summed E-state index contributed by atoms with van der Waals surface area (Å²) in [7, 11) is 0. The summed E-state index contributed by atoms with van der Waals surface area (Å²) >= 11 is 0.922. The van der Waals surface area contributed by atoms with Crippen molar-refractivity contribution < 1.29 is 27.9 Å². The lowest BCUT2D eigenvalue weighted by molar-refractivity contribution is -0.142. The summed E-state index contributed by atoms with van der Waals surface area (Å²) < 4.78 is 38.6. The molecule has 3 rings (SSSR count). The summed E-state index contributed by atoms with van der Waals surface area (Å²) in [5.74, 6) is -2.05. The summed E-state index contributed by atoms with van der Waals surface area (Å²) in [4.78, 5) is 29.7. The molecule has 0 aliphatic heterocycles. The average molecular weight is 386 g/mol. The summed E-state index contributed by atoms with van der Waals surface area (Å²) in [6.45, 7) is 3.28. The van der Waals surface area contributed by atoms with E-state index in [2.05, 4.69) is 4.98 Å². The molecule has 1 unspecified atom stereocenters. The Labute approximate surface area is 151 Å². The summed E-state index contributed by atoms with van der Waals surface area (Å²) in [5.41, 5.74) is -0.423. The van der Waals surface area contributed by atoms with Gasteiger partial charge in [-0.3, -0.25) is 9.59 Å². The highest BCUT2D eigenvalue weighted by molar-refractivity contribution is 7.20. The molecule has 2 aromatic heterocycles. The molecule has 2 heterocycles. The van der Waals surface area contributed by atoms with Gasteiger partial charge in [-0.25, -0.2) is 4.98 Å². The Balaban J connectivity index is 1.96. The van der Waals surface area contributed by atoms with Crippen molar-refractivity contribution in [1.82, 2.24) is 9.88 Å². The number of hydrogen-bond acceptors (Lipinski definition) is 4. The smallest absolute Gasteiger partial charge is 0.433 e. The quantitative estimate of drug-likeness (QED) is 0.845. The van der Waals surface area contributed by atoms with Crippen LogP contribution in [0.1, 0.15) is 40.7 Å². The molecule has 0 spiro atoms. The Kier molecular flexibility index (Phi) is 4.68. The molecular weight excluding hydrogens is 369 g/mol. The molecule has 9 heteroatoms. The number of carbonyl (C=O) groups is 2. The molecule has 0 radical (unpaired) electrons. The van der Waals surface area contributed by atoms with Gasteiger partial charge in [0, 0.05) is 18.0 Å². The van der Waals surface area contributed by atoms with Crippen LogP contribution in [-0.4, -0.2) is 39.5 Å². The second-order valence-corrected chi connectivity index (χ2v) is 7.53. The van der Waals surface area contributed by atoms with E-state index in [0.29, 0.717) is 15.8 Å². The SMILES string of the molecule is Cc1c(C(=O)N(CC(C)C(=O)O)C2CC2)sc2nc(C(F)(F)F)ccc12. The topological polar surface area (TPSA) is 70.5 Å². The Hall–Kier alpha value is -2.16. The van der Waals surface area contributed by atoms with E-state index < -0.39 is 23.8 Å². The van der Waals surface area contributed by atoms with Crippen LogP contribution in [0, 0.1) is 12.8 Å². The number of halogens is 3. The number of aliphatic carboxylic acids is 1. The van der Waals surface area contributed by atoms with E-state index in [-0.39, 0.29) is 23.3 Å². The third-order valence-electron chi connectivity index (χ3n) is 4.43. The fraction of sp³-hybridized carbons (Fsp3) is 0.471.